The summed E-state index contributed by atoms with van der Waals surface area (Å²) in [5.41, 5.74) is 0.441. The summed E-state index contributed by atoms with van der Waals surface area (Å²) in [7, 11) is 6.09. The molecule has 0 radical (unpaired) electrons. The largest absolute Gasteiger partial charge is 0.385 e. The van der Waals surface area contributed by atoms with Crippen molar-refractivity contribution in [3.05, 3.63) is 0 Å². The maximum absolute atomic E-state index is 5.20. The smallest absolute Gasteiger partial charge is 0.0464 e. The van der Waals surface area contributed by atoms with Crippen LogP contribution < -0.4 is 0 Å². The predicted octanol–water partition coefficient (Wildman–Crippen LogP) is 3.42. The molecule has 2 heteroatoms. The molecule has 0 N–H and O–H groups in total. The monoisotopic (exact) mass is 229 g/mol. The first-order chi connectivity index (χ1) is 7.35. The van der Waals surface area contributed by atoms with Crippen molar-refractivity contribution < 1.29 is 4.74 Å². The fourth-order valence-electron chi connectivity index (χ4n) is 2.20. The van der Waals surface area contributed by atoms with Gasteiger partial charge in [0.2, 0.25) is 0 Å². The van der Waals surface area contributed by atoms with Crippen molar-refractivity contribution in [1.29, 1.82) is 0 Å². The van der Waals surface area contributed by atoms with Crippen molar-refractivity contribution in [2.45, 2.75) is 46.5 Å². The van der Waals surface area contributed by atoms with Gasteiger partial charge < -0.3 is 9.64 Å². The zero-order chi connectivity index (χ0) is 12.6. The zero-order valence-corrected chi connectivity index (χ0v) is 12.2. The second kappa shape index (κ2) is 8.08. The van der Waals surface area contributed by atoms with E-state index >= 15 is 0 Å². The molecule has 0 heterocycles. The molecular weight excluding hydrogens is 198 g/mol. The van der Waals surface area contributed by atoms with Gasteiger partial charge in [-0.05, 0) is 57.7 Å². The molecule has 0 fully saturated rings. The lowest BCUT2D eigenvalue weighted by Gasteiger charge is -2.26. The Morgan fingerprint density at radius 1 is 1.12 bits per heavy atom. The van der Waals surface area contributed by atoms with E-state index in [-0.39, 0.29) is 0 Å². The van der Waals surface area contributed by atoms with Crippen LogP contribution in [-0.4, -0.2) is 39.3 Å². The van der Waals surface area contributed by atoms with Gasteiger partial charge in [0.05, 0.1) is 0 Å². The molecule has 98 valence electrons. The average molecular weight is 229 g/mol. The van der Waals surface area contributed by atoms with Gasteiger partial charge in [-0.2, -0.15) is 0 Å². The van der Waals surface area contributed by atoms with Crippen molar-refractivity contribution in [3.8, 4) is 0 Å². The summed E-state index contributed by atoms with van der Waals surface area (Å²) in [6.07, 6.45) is 5.15. The third-order valence-corrected chi connectivity index (χ3v) is 2.85. The Hall–Kier alpha value is -0.0800. The zero-order valence-electron chi connectivity index (χ0n) is 12.2. The standard InChI is InChI=1S/C14H31NO/c1-14(2,3)12-13(9-11-16-6)8-7-10-15(4)5/h13H,7-12H2,1-6H3/t13-/m1/s1. The fourth-order valence-corrected chi connectivity index (χ4v) is 2.20. The second-order valence-electron chi connectivity index (χ2n) is 6.36. The minimum atomic E-state index is 0.441. The highest BCUT2D eigenvalue weighted by atomic mass is 16.5. The lowest BCUT2D eigenvalue weighted by atomic mass is 9.81. The van der Waals surface area contributed by atoms with Crippen molar-refractivity contribution in [2.24, 2.45) is 11.3 Å². The Bertz CT molecular complexity index is 161. The molecule has 0 unspecified atom stereocenters. The number of ether oxygens (including phenoxy) is 1. The van der Waals surface area contributed by atoms with Gasteiger partial charge >= 0.3 is 0 Å². The molecule has 0 bridgehead atoms. The molecule has 0 aromatic rings. The SMILES string of the molecule is COCC[C@@H](CCCN(C)C)CC(C)(C)C. The minimum Gasteiger partial charge on any atom is -0.385 e. The Morgan fingerprint density at radius 2 is 1.75 bits per heavy atom. The van der Waals surface area contributed by atoms with Crippen molar-refractivity contribution in [1.82, 2.24) is 4.90 Å². The summed E-state index contributed by atoms with van der Waals surface area (Å²) in [5.74, 6) is 0.819. The van der Waals surface area contributed by atoms with Gasteiger partial charge in [0.15, 0.2) is 0 Å². The van der Waals surface area contributed by atoms with Crippen molar-refractivity contribution in [2.75, 3.05) is 34.4 Å². The van der Waals surface area contributed by atoms with E-state index in [1.807, 2.05) is 0 Å². The van der Waals surface area contributed by atoms with E-state index in [1.165, 1.54) is 32.2 Å². The Morgan fingerprint density at radius 3 is 2.19 bits per heavy atom. The Labute approximate surface area is 102 Å². The molecule has 0 spiro atoms. The minimum absolute atomic E-state index is 0.441. The average Bonchev–Trinajstić information content (AvgIpc) is 2.11. The van der Waals surface area contributed by atoms with Gasteiger partial charge in [-0.1, -0.05) is 20.8 Å². The molecule has 1 atom stereocenters. The van der Waals surface area contributed by atoms with Gasteiger partial charge in [-0.25, -0.2) is 0 Å². The first kappa shape index (κ1) is 15.9. The highest BCUT2D eigenvalue weighted by molar-refractivity contribution is 4.70. The number of methoxy groups -OCH3 is 1. The molecule has 0 saturated carbocycles. The van der Waals surface area contributed by atoms with E-state index < -0.39 is 0 Å². The van der Waals surface area contributed by atoms with Gasteiger partial charge in [0.1, 0.15) is 0 Å². The number of hydrogen-bond donors (Lipinski definition) is 0. The summed E-state index contributed by atoms with van der Waals surface area (Å²) in [6, 6.07) is 0. The van der Waals surface area contributed by atoms with Crippen LogP contribution in [0, 0.1) is 11.3 Å². The van der Waals surface area contributed by atoms with E-state index in [0.29, 0.717) is 5.41 Å². The number of nitrogens with zero attached hydrogens (tertiary/aromatic N) is 1. The van der Waals surface area contributed by atoms with Crippen molar-refractivity contribution in [3.63, 3.8) is 0 Å². The maximum Gasteiger partial charge on any atom is 0.0464 e. The molecule has 0 aromatic heterocycles. The molecule has 16 heavy (non-hydrogen) atoms. The van der Waals surface area contributed by atoms with E-state index in [0.717, 1.165) is 12.5 Å². The summed E-state index contributed by atoms with van der Waals surface area (Å²) in [4.78, 5) is 2.27. The lowest BCUT2D eigenvalue weighted by molar-refractivity contribution is 0.156. The number of rotatable bonds is 8. The predicted molar refractivity (Wildman–Crippen MR) is 71.8 cm³/mol. The normalized spacial score (nSPS) is 14.4. The first-order valence-corrected chi connectivity index (χ1v) is 6.49. The lowest BCUT2D eigenvalue weighted by Crippen LogP contribution is -2.18. The topological polar surface area (TPSA) is 12.5 Å². The first-order valence-electron chi connectivity index (χ1n) is 6.49. The molecule has 0 aliphatic carbocycles. The van der Waals surface area contributed by atoms with E-state index in [4.69, 9.17) is 4.74 Å². The summed E-state index contributed by atoms with van der Waals surface area (Å²) in [6.45, 7) is 9.10. The summed E-state index contributed by atoms with van der Waals surface area (Å²) >= 11 is 0. The molecule has 0 amide bonds. The van der Waals surface area contributed by atoms with Crippen LogP contribution >= 0.6 is 0 Å². The highest BCUT2D eigenvalue weighted by Gasteiger charge is 2.18. The second-order valence-corrected chi connectivity index (χ2v) is 6.36. The number of hydrogen-bond acceptors (Lipinski definition) is 2. The van der Waals surface area contributed by atoms with E-state index in [1.54, 1.807) is 7.11 Å². The molecule has 0 aromatic carbocycles. The molecule has 0 saturated heterocycles. The third-order valence-electron chi connectivity index (χ3n) is 2.85. The van der Waals surface area contributed by atoms with Crippen molar-refractivity contribution >= 4 is 0 Å². The van der Waals surface area contributed by atoms with Gasteiger partial charge in [-0.3, -0.25) is 0 Å². The van der Waals surface area contributed by atoms with Crippen LogP contribution in [0.2, 0.25) is 0 Å². The molecule has 0 aliphatic heterocycles. The van der Waals surface area contributed by atoms with Crippen LogP contribution in [0.4, 0.5) is 0 Å². The van der Waals surface area contributed by atoms with Crippen LogP contribution in [0.15, 0.2) is 0 Å². The molecule has 0 aliphatic rings. The van der Waals surface area contributed by atoms with Crippen LogP contribution in [0.25, 0.3) is 0 Å². The Balaban J connectivity index is 3.90. The maximum atomic E-state index is 5.20. The van der Waals surface area contributed by atoms with Gasteiger partial charge in [0, 0.05) is 13.7 Å². The van der Waals surface area contributed by atoms with Gasteiger partial charge in [0.25, 0.3) is 0 Å². The van der Waals surface area contributed by atoms with E-state index in [2.05, 4.69) is 39.8 Å². The van der Waals surface area contributed by atoms with Crippen LogP contribution in [0.1, 0.15) is 46.5 Å². The summed E-state index contributed by atoms with van der Waals surface area (Å²) in [5, 5.41) is 0. The molecule has 0 rings (SSSR count). The van der Waals surface area contributed by atoms with Crippen LogP contribution in [0.3, 0.4) is 0 Å². The Kier molecular flexibility index (Phi) is 8.04. The molecule has 2 nitrogen and oxygen atoms in total. The highest BCUT2D eigenvalue weighted by Crippen LogP contribution is 2.29. The van der Waals surface area contributed by atoms with Gasteiger partial charge in [-0.15, -0.1) is 0 Å². The summed E-state index contributed by atoms with van der Waals surface area (Å²) < 4.78 is 5.20. The quantitative estimate of drug-likeness (QED) is 0.632. The van der Waals surface area contributed by atoms with E-state index in [9.17, 15) is 0 Å². The molecular formula is C14H31NO. The third kappa shape index (κ3) is 10.4. The van der Waals surface area contributed by atoms with Crippen LogP contribution in [0.5, 0.6) is 0 Å². The van der Waals surface area contributed by atoms with Crippen LogP contribution in [-0.2, 0) is 4.74 Å². The fraction of sp³-hybridized carbons (Fsp3) is 1.00.